The first kappa shape index (κ1) is 18.7. The van der Waals surface area contributed by atoms with E-state index in [2.05, 4.69) is 21.2 Å². The molecule has 4 rings (SSSR count). The van der Waals surface area contributed by atoms with Gasteiger partial charge in [-0.15, -0.1) is 0 Å². The highest BCUT2D eigenvalue weighted by Gasteiger charge is 2.26. The van der Waals surface area contributed by atoms with Crippen LogP contribution in [0, 0.1) is 5.82 Å². The number of fused-ring (bicyclic) bond motifs is 1. The minimum Gasteiger partial charge on any atom is -0.454 e. The van der Waals surface area contributed by atoms with Crippen LogP contribution in [0.25, 0.3) is 0 Å². The van der Waals surface area contributed by atoms with Gasteiger partial charge in [0.2, 0.25) is 12.7 Å². The van der Waals surface area contributed by atoms with Gasteiger partial charge in [0.05, 0.1) is 11.7 Å². The van der Waals surface area contributed by atoms with Gasteiger partial charge in [0.1, 0.15) is 5.82 Å². The Kier molecular flexibility index (Phi) is 5.45. The molecule has 6 nitrogen and oxygen atoms in total. The van der Waals surface area contributed by atoms with Gasteiger partial charge in [-0.05, 0) is 36.8 Å². The molecule has 1 atom stereocenters. The molecule has 1 saturated heterocycles. The topological polar surface area (TPSA) is 54.0 Å². The summed E-state index contributed by atoms with van der Waals surface area (Å²) < 4.78 is 24.5. The molecule has 1 N–H and O–H groups in total. The Hall–Kier alpha value is -2.64. The lowest BCUT2D eigenvalue weighted by molar-refractivity contribution is -0.121. The van der Waals surface area contributed by atoms with Crippen LogP contribution >= 0.6 is 0 Å². The van der Waals surface area contributed by atoms with E-state index in [9.17, 15) is 9.18 Å². The summed E-state index contributed by atoms with van der Waals surface area (Å²) in [4.78, 5) is 17.0. The quantitative estimate of drug-likeness (QED) is 0.858. The number of piperazine rings is 1. The van der Waals surface area contributed by atoms with Gasteiger partial charge >= 0.3 is 0 Å². The Labute approximate surface area is 163 Å². The zero-order valence-corrected chi connectivity index (χ0v) is 15.9. The van der Waals surface area contributed by atoms with E-state index in [1.54, 1.807) is 18.2 Å². The number of ether oxygens (including phenoxy) is 2. The second kappa shape index (κ2) is 8.16. The van der Waals surface area contributed by atoms with Gasteiger partial charge in [-0.25, -0.2) is 4.39 Å². The number of anilines is 1. The molecule has 0 saturated carbocycles. The van der Waals surface area contributed by atoms with Crippen molar-refractivity contribution in [3.8, 4) is 11.5 Å². The van der Waals surface area contributed by atoms with E-state index in [0.717, 1.165) is 44.2 Å². The molecule has 2 aromatic carbocycles. The van der Waals surface area contributed by atoms with Gasteiger partial charge in [0, 0.05) is 32.7 Å². The second-order valence-electron chi connectivity index (χ2n) is 7.14. The smallest absolute Gasteiger partial charge is 0.241 e. The van der Waals surface area contributed by atoms with Crippen molar-refractivity contribution in [3.63, 3.8) is 0 Å². The third kappa shape index (κ3) is 4.10. The van der Waals surface area contributed by atoms with E-state index >= 15 is 0 Å². The van der Waals surface area contributed by atoms with Crippen LogP contribution in [-0.4, -0.2) is 54.7 Å². The van der Waals surface area contributed by atoms with E-state index < -0.39 is 5.82 Å². The lowest BCUT2D eigenvalue weighted by atomic mass is 10.1. The van der Waals surface area contributed by atoms with Crippen LogP contribution in [0.1, 0.15) is 12.5 Å². The predicted octanol–water partition coefficient (Wildman–Crippen LogP) is 2.70. The number of carbonyl (C=O) groups excluding carboxylic acids is 1. The highest BCUT2D eigenvalue weighted by atomic mass is 19.1. The molecule has 0 aliphatic carbocycles. The monoisotopic (exact) mass is 385 g/mol. The van der Waals surface area contributed by atoms with Crippen LogP contribution in [0.4, 0.5) is 10.1 Å². The number of para-hydroxylation sites is 1. The van der Waals surface area contributed by atoms with Crippen molar-refractivity contribution in [2.45, 2.75) is 19.5 Å². The lowest BCUT2D eigenvalue weighted by Gasteiger charge is -2.37. The van der Waals surface area contributed by atoms with Crippen molar-refractivity contribution in [3.05, 3.63) is 53.8 Å². The average Bonchev–Trinajstić information content (AvgIpc) is 3.17. The first-order valence-corrected chi connectivity index (χ1v) is 9.50. The van der Waals surface area contributed by atoms with E-state index in [1.807, 2.05) is 19.1 Å². The first-order chi connectivity index (χ1) is 13.6. The van der Waals surface area contributed by atoms with Crippen molar-refractivity contribution < 1.29 is 18.7 Å². The van der Waals surface area contributed by atoms with Crippen LogP contribution in [0.15, 0.2) is 42.5 Å². The summed E-state index contributed by atoms with van der Waals surface area (Å²) in [6.07, 6.45) is 0. The van der Waals surface area contributed by atoms with Crippen LogP contribution in [0.5, 0.6) is 11.5 Å². The van der Waals surface area contributed by atoms with Crippen LogP contribution < -0.4 is 14.8 Å². The van der Waals surface area contributed by atoms with E-state index in [4.69, 9.17) is 9.47 Å². The standard InChI is InChI=1S/C21H24FN3O3/c1-15(21(26)23-18-5-3-2-4-17(18)22)25-10-8-24(9-11-25)13-16-6-7-19-20(12-16)28-14-27-19/h2-7,12,15H,8-11,13-14H2,1H3,(H,23,26)/t15-/m1/s1. The largest absolute Gasteiger partial charge is 0.454 e. The predicted molar refractivity (Wildman–Crippen MR) is 104 cm³/mol. The molecule has 0 aromatic heterocycles. The van der Waals surface area contributed by atoms with Crippen molar-refractivity contribution in [1.82, 2.24) is 9.80 Å². The zero-order chi connectivity index (χ0) is 19.5. The number of amides is 1. The van der Waals surface area contributed by atoms with Crippen molar-refractivity contribution in [1.29, 1.82) is 0 Å². The third-order valence-corrected chi connectivity index (χ3v) is 5.31. The van der Waals surface area contributed by atoms with Gasteiger partial charge < -0.3 is 14.8 Å². The highest BCUT2D eigenvalue weighted by molar-refractivity contribution is 5.94. The lowest BCUT2D eigenvalue weighted by Crippen LogP contribution is -2.52. The molecule has 1 fully saturated rings. The molecule has 2 heterocycles. The van der Waals surface area contributed by atoms with Crippen molar-refractivity contribution >= 4 is 11.6 Å². The Morgan fingerprint density at radius 3 is 2.64 bits per heavy atom. The number of halogens is 1. The number of nitrogens with zero attached hydrogens (tertiary/aromatic N) is 2. The van der Waals surface area contributed by atoms with Crippen LogP contribution in [-0.2, 0) is 11.3 Å². The van der Waals surface area contributed by atoms with Gasteiger partial charge in [0.25, 0.3) is 0 Å². The molecule has 0 unspecified atom stereocenters. The minimum atomic E-state index is -0.420. The number of hydrogen-bond acceptors (Lipinski definition) is 5. The molecule has 0 spiro atoms. The van der Waals surface area contributed by atoms with E-state index in [-0.39, 0.29) is 24.4 Å². The molecule has 1 amide bonds. The summed E-state index contributed by atoms with van der Waals surface area (Å²) in [5.41, 5.74) is 1.41. The number of nitrogens with one attached hydrogen (secondary N) is 1. The molecule has 2 aliphatic heterocycles. The van der Waals surface area contributed by atoms with Crippen molar-refractivity contribution in [2.75, 3.05) is 38.3 Å². The first-order valence-electron chi connectivity index (χ1n) is 9.50. The maximum absolute atomic E-state index is 13.7. The third-order valence-electron chi connectivity index (χ3n) is 5.31. The van der Waals surface area contributed by atoms with Gasteiger partial charge in [0.15, 0.2) is 11.5 Å². The molecular formula is C21H24FN3O3. The Morgan fingerprint density at radius 2 is 1.86 bits per heavy atom. The SMILES string of the molecule is C[C@H](C(=O)Nc1ccccc1F)N1CCN(Cc2ccc3c(c2)OCO3)CC1. The van der Waals surface area contributed by atoms with Crippen LogP contribution in [0.2, 0.25) is 0 Å². The van der Waals surface area contributed by atoms with Gasteiger partial charge in [-0.3, -0.25) is 14.6 Å². The Bertz CT molecular complexity index is 853. The van der Waals surface area contributed by atoms with Gasteiger partial charge in [-0.1, -0.05) is 18.2 Å². The average molecular weight is 385 g/mol. The normalized spacial score (nSPS) is 18.1. The molecule has 148 valence electrons. The second-order valence-corrected chi connectivity index (χ2v) is 7.14. The number of benzene rings is 2. The fraction of sp³-hybridized carbons (Fsp3) is 0.381. The molecule has 2 aromatic rings. The molecular weight excluding hydrogens is 361 g/mol. The molecule has 0 radical (unpaired) electrons. The number of rotatable bonds is 5. The summed E-state index contributed by atoms with van der Waals surface area (Å²) in [6.45, 7) is 6.29. The summed E-state index contributed by atoms with van der Waals surface area (Å²) in [5, 5.41) is 2.69. The fourth-order valence-electron chi connectivity index (χ4n) is 3.57. The summed E-state index contributed by atoms with van der Waals surface area (Å²) in [6, 6.07) is 11.9. The maximum atomic E-state index is 13.7. The molecule has 2 aliphatic rings. The number of hydrogen-bond donors (Lipinski definition) is 1. The summed E-state index contributed by atoms with van der Waals surface area (Å²) in [7, 11) is 0. The molecule has 28 heavy (non-hydrogen) atoms. The maximum Gasteiger partial charge on any atom is 0.241 e. The van der Waals surface area contributed by atoms with Gasteiger partial charge in [-0.2, -0.15) is 0 Å². The summed E-state index contributed by atoms with van der Waals surface area (Å²) in [5.74, 6) is 0.990. The van der Waals surface area contributed by atoms with Crippen LogP contribution in [0.3, 0.4) is 0 Å². The highest BCUT2D eigenvalue weighted by Crippen LogP contribution is 2.32. The fourth-order valence-corrected chi connectivity index (χ4v) is 3.57. The zero-order valence-electron chi connectivity index (χ0n) is 15.9. The summed E-state index contributed by atoms with van der Waals surface area (Å²) >= 11 is 0. The van der Waals surface area contributed by atoms with E-state index in [1.165, 1.54) is 11.6 Å². The van der Waals surface area contributed by atoms with Crippen molar-refractivity contribution in [2.24, 2.45) is 0 Å². The molecule has 0 bridgehead atoms. The Morgan fingerprint density at radius 1 is 1.11 bits per heavy atom. The molecule has 7 heteroatoms. The Balaban J connectivity index is 1.28. The van der Waals surface area contributed by atoms with E-state index in [0.29, 0.717) is 0 Å². The minimum absolute atomic E-state index is 0.186. The number of carbonyl (C=O) groups is 1.